The van der Waals surface area contributed by atoms with E-state index in [1.807, 2.05) is 30.3 Å². The van der Waals surface area contributed by atoms with Gasteiger partial charge < -0.3 is 29.8 Å². The van der Waals surface area contributed by atoms with Gasteiger partial charge in [-0.2, -0.15) is 4.98 Å². The maximum absolute atomic E-state index is 10.1. The molecule has 4 rings (SSSR count). The Labute approximate surface area is 179 Å². The van der Waals surface area contributed by atoms with Crippen molar-refractivity contribution in [2.24, 2.45) is 0 Å². The molecule has 160 valence electrons. The lowest BCUT2D eigenvalue weighted by molar-refractivity contribution is -0.131. The van der Waals surface area contributed by atoms with Gasteiger partial charge in [0.25, 0.3) is 6.01 Å². The lowest BCUT2D eigenvalue weighted by Gasteiger charge is -2.31. The number of imidazole rings is 1. The number of aliphatic hydroxyl groups excluding tert-OH is 2. The predicted molar refractivity (Wildman–Crippen MR) is 114 cm³/mol. The van der Waals surface area contributed by atoms with Gasteiger partial charge >= 0.3 is 0 Å². The second-order valence-corrected chi connectivity index (χ2v) is 8.53. The summed E-state index contributed by atoms with van der Waals surface area (Å²) < 4.78 is 11.3. The number of benzene rings is 2. The highest BCUT2D eigenvalue weighted by atomic mass is 35.5. The second kappa shape index (κ2) is 8.17. The van der Waals surface area contributed by atoms with E-state index >= 15 is 0 Å². The Morgan fingerprint density at radius 2 is 2.00 bits per heavy atom. The minimum Gasteiger partial charge on any atom is -0.459 e. The molecule has 1 saturated heterocycles. The number of halogens is 1. The van der Waals surface area contributed by atoms with Gasteiger partial charge in [-0.1, -0.05) is 35.9 Å². The Balaban J connectivity index is 1.56. The van der Waals surface area contributed by atoms with Crippen LogP contribution in [-0.4, -0.2) is 56.8 Å². The number of aromatic nitrogens is 2. The molecule has 3 atom stereocenters. The molecule has 3 aromatic rings. The topological polar surface area (TPSA) is 108 Å². The number of aromatic amines is 1. The van der Waals surface area contributed by atoms with Crippen LogP contribution in [0.15, 0.2) is 36.4 Å². The first-order valence-electron chi connectivity index (χ1n) is 9.84. The van der Waals surface area contributed by atoms with E-state index in [0.717, 1.165) is 22.2 Å². The summed E-state index contributed by atoms with van der Waals surface area (Å²) in [7, 11) is 0. The average molecular weight is 433 g/mol. The van der Waals surface area contributed by atoms with Crippen LogP contribution in [0.25, 0.3) is 22.2 Å². The maximum Gasteiger partial charge on any atom is 0.294 e. The summed E-state index contributed by atoms with van der Waals surface area (Å²) in [5.74, 6) is 0. The van der Waals surface area contributed by atoms with Crippen LogP contribution in [0.2, 0.25) is 5.02 Å². The molecule has 0 spiro atoms. The number of H-pyrrole nitrogens is 1. The summed E-state index contributed by atoms with van der Waals surface area (Å²) in [5.41, 5.74) is 3.08. The Morgan fingerprint density at radius 3 is 2.63 bits per heavy atom. The minimum absolute atomic E-state index is 0.226. The lowest BCUT2D eigenvalue weighted by Crippen LogP contribution is -2.45. The highest BCUT2D eigenvalue weighted by Gasteiger charge is 2.31. The number of hydrogen-bond acceptors (Lipinski definition) is 6. The fourth-order valence-electron chi connectivity index (χ4n) is 3.59. The van der Waals surface area contributed by atoms with Crippen molar-refractivity contribution in [2.45, 2.75) is 44.2 Å². The third-order valence-electron chi connectivity index (χ3n) is 5.34. The normalized spacial score (nSPS) is 22.4. The van der Waals surface area contributed by atoms with Crippen LogP contribution in [-0.2, 0) is 10.3 Å². The number of rotatable bonds is 5. The lowest BCUT2D eigenvalue weighted by atomic mass is 9.95. The third-order valence-corrected chi connectivity index (χ3v) is 5.65. The summed E-state index contributed by atoms with van der Waals surface area (Å²) >= 11 is 6.50. The maximum atomic E-state index is 10.1. The van der Waals surface area contributed by atoms with Gasteiger partial charge in [0.2, 0.25) is 0 Å². The van der Waals surface area contributed by atoms with Crippen molar-refractivity contribution in [3.63, 3.8) is 0 Å². The molecule has 1 aliphatic heterocycles. The standard InChI is InChI=1S/C22H25ClN2O5/c1-22(2,28)13-5-3-12(4-6-13)15-8-17-18(9-16(15)23)25-21(24-17)30-14-7-19(27)20(10-26)29-11-14/h3-6,8-9,14,19-20,26-28H,7,10-11H2,1-2H3,(H,24,25)/t14-,19+,20-/m1/s1. The van der Waals surface area contributed by atoms with Gasteiger partial charge in [0, 0.05) is 12.0 Å². The number of hydrogen-bond donors (Lipinski definition) is 4. The Kier molecular flexibility index (Phi) is 5.74. The van der Waals surface area contributed by atoms with Crippen LogP contribution >= 0.6 is 11.6 Å². The fourth-order valence-corrected chi connectivity index (χ4v) is 3.86. The first-order chi connectivity index (χ1) is 14.2. The van der Waals surface area contributed by atoms with Gasteiger partial charge in [-0.3, -0.25) is 0 Å². The van der Waals surface area contributed by atoms with Crippen molar-refractivity contribution in [1.29, 1.82) is 0 Å². The zero-order valence-electron chi connectivity index (χ0n) is 16.8. The molecule has 1 aliphatic rings. The molecular weight excluding hydrogens is 408 g/mol. The fraction of sp³-hybridized carbons (Fsp3) is 0.409. The zero-order chi connectivity index (χ0) is 21.5. The molecule has 0 saturated carbocycles. The summed E-state index contributed by atoms with van der Waals surface area (Å²) in [6, 6.07) is 11.6. The summed E-state index contributed by atoms with van der Waals surface area (Å²) in [6.45, 7) is 3.52. The highest BCUT2D eigenvalue weighted by Crippen LogP contribution is 2.33. The van der Waals surface area contributed by atoms with Crippen molar-refractivity contribution in [1.82, 2.24) is 9.97 Å². The Hall–Kier alpha value is -2.16. The second-order valence-electron chi connectivity index (χ2n) is 8.12. The van der Waals surface area contributed by atoms with E-state index in [-0.39, 0.29) is 19.3 Å². The first-order valence-corrected chi connectivity index (χ1v) is 10.2. The van der Waals surface area contributed by atoms with Crippen molar-refractivity contribution < 1.29 is 24.8 Å². The van der Waals surface area contributed by atoms with Crippen LogP contribution in [0.1, 0.15) is 25.8 Å². The third kappa shape index (κ3) is 4.31. The summed E-state index contributed by atoms with van der Waals surface area (Å²) in [4.78, 5) is 7.59. The average Bonchev–Trinajstić information content (AvgIpc) is 3.08. The van der Waals surface area contributed by atoms with Crippen LogP contribution in [0.5, 0.6) is 6.01 Å². The molecule has 0 aliphatic carbocycles. The Morgan fingerprint density at radius 1 is 1.27 bits per heavy atom. The molecule has 8 heteroatoms. The largest absolute Gasteiger partial charge is 0.459 e. The number of fused-ring (bicyclic) bond motifs is 1. The van der Waals surface area contributed by atoms with Crippen LogP contribution in [0.4, 0.5) is 0 Å². The molecule has 30 heavy (non-hydrogen) atoms. The zero-order valence-corrected chi connectivity index (χ0v) is 17.6. The van der Waals surface area contributed by atoms with Crippen molar-refractivity contribution in [3.8, 4) is 17.1 Å². The van der Waals surface area contributed by atoms with Gasteiger partial charge in [-0.05, 0) is 37.1 Å². The van der Waals surface area contributed by atoms with Crippen molar-refractivity contribution >= 4 is 22.6 Å². The van der Waals surface area contributed by atoms with Crippen molar-refractivity contribution in [3.05, 3.63) is 47.0 Å². The Bertz CT molecular complexity index is 1030. The highest BCUT2D eigenvalue weighted by molar-refractivity contribution is 6.34. The SMILES string of the molecule is CC(C)(O)c1ccc(-c2cc3nc(O[C@H]4CO[C@H](CO)[C@@H](O)C4)[nH]c3cc2Cl)cc1. The van der Waals surface area contributed by atoms with Crippen LogP contribution < -0.4 is 4.74 Å². The molecule has 1 fully saturated rings. The predicted octanol–water partition coefficient (Wildman–Crippen LogP) is 3.00. The van der Waals surface area contributed by atoms with Gasteiger partial charge in [-0.25, -0.2) is 0 Å². The molecule has 0 radical (unpaired) electrons. The molecule has 0 unspecified atom stereocenters. The number of ether oxygens (including phenoxy) is 2. The quantitative estimate of drug-likeness (QED) is 0.493. The molecule has 4 N–H and O–H groups in total. The van der Waals surface area contributed by atoms with E-state index in [4.69, 9.17) is 26.2 Å². The molecule has 2 heterocycles. The van der Waals surface area contributed by atoms with Gasteiger partial charge in [0.1, 0.15) is 12.2 Å². The molecule has 0 bridgehead atoms. The number of nitrogens with one attached hydrogen (secondary N) is 1. The van der Waals surface area contributed by atoms with E-state index in [2.05, 4.69) is 9.97 Å². The molecule has 0 amide bonds. The minimum atomic E-state index is -0.908. The molecule has 1 aromatic heterocycles. The number of aliphatic hydroxyl groups is 3. The van der Waals surface area contributed by atoms with E-state index in [9.17, 15) is 10.2 Å². The van der Waals surface area contributed by atoms with E-state index in [1.165, 1.54) is 0 Å². The van der Waals surface area contributed by atoms with Gasteiger partial charge in [0.15, 0.2) is 0 Å². The van der Waals surface area contributed by atoms with Crippen molar-refractivity contribution in [2.75, 3.05) is 13.2 Å². The van der Waals surface area contributed by atoms with E-state index in [1.54, 1.807) is 19.9 Å². The summed E-state index contributed by atoms with van der Waals surface area (Å²) in [5, 5.41) is 29.9. The first kappa shape index (κ1) is 21.1. The monoisotopic (exact) mass is 432 g/mol. The molecule has 7 nitrogen and oxygen atoms in total. The van der Waals surface area contributed by atoms with Gasteiger partial charge in [-0.15, -0.1) is 0 Å². The van der Waals surface area contributed by atoms with Crippen LogP contribution in [0.3, 0.4) is 0 Å². The molecular formula is C22H25ClN2O5. The van der Waals surface area contributed by atoms with Crippen LogP contribution in [0, 0.1) is 0 Å². The van der Waals surface area contributed by atoms with Gasteiger partial charge in [0.05, 0.1) is 41.0 Å². The molecule has 2 aromatic carbocycles. The van der Waals surface area contributed by atoms with E-state index < -0.39 is 17.8 Å². The van der Waals surface area contributed by atoms with E-state index in [0.29, 0.717) is 23.0 Å². The smallest absolute Gasteiger partial charge is 0.294 e. The number of nitrogens with zero attached hydrogens (tertiary/aromatic N) is 1. The summed E-state index contributed by atoms with van der Waals surface area (Å²) in [6.07, 6.45) is -1.38.